The number of carbonyl (C=O) groups excluding carboxylic acids is 1. The number of carbonyl (C=O) groups is 1. The summed E-state index contributed by atoms with van der Waals surface area (Å²) < 4.78 is 0. The van der Waals surface area contributed by atoms with Crippen LogP contribution in [0.15, 0.2) is 0 Å². The summed E-state index contributed by atoms with van der Waals surface area (Å²) in [6.07, 6.45) is 6.59. The molecule has 0 heterocycles. The first-order chi connectivity index (χ1) is 8.15. The number of nitrogens with one attached hydrogen (secondary N) is 1. The zero-order valence-corrected chi connectivity index (χ0v) is 11.7. The Kier molecular flexibility index (Phi) is 10.2. The van der Waals surface area contributed by atoms with Gasteiger partial charge in [0.05, 0.1) is 6.10 Å². The van der Waals surface area contributed by atoms with E-state index in [-0.39, 0.29) is 5.91 Å². The number of hydrogen-bond donors (Lipinski definition) is 2. The van der Waals surface area contributed by atoms with E-state index in [0.717, 1.165) is 25.7 Å². The number of amides is 1. The maximum absolute atomic E-state index is 11.5. The minimum Gasteiger partial charge on any atom is -0.391 e. The van der Waals surface area contributed by atoms with E-state index in [4.69, 9.17) is 0 Å². The van der Waals surface area contributed by atoms with Crippen LogP contribution in [-0.4, -0.2) is 23.7 Å². The van der Waals surface area contributed by atoms with E-state index in [1.54, 1.807) is 0 Å². The van der Waals surface area contributed by atoms with Crippen LogP contribution in [0.1, 0.15) is 65.7 Å². The summed E-state index contributed by atoms with van der Waals surface area (Å²) in [7, 11) is 0. The standard InChI is InChI=1S/C14H29NO2/c1-4-7-8-9-10-14(17)15-11-13(16)12(5-2)6-3/h12-13,16H,4-11H2,1-3H3,(H,15,17). The second kappa shape index (κ2) is 10.6. The third kappa shape index (κ3) is 8.19. The summed E-state index contributed by atoms with van der Waals surface area (Å²) in [6.45, 7) is 6.71. The zero-order chi connectivity index (χ0) is 13.1. The van der Waals surface area contributed by atoms with Crippen molar-refractivity contribution in [1.82, 2.24) is 5.32 Å². The third-order valence-electron chi connectivity index (χ3n) is 3.36. The van der Waals surface area contributed by atoms with E-state index in [2.05, 4.69) is 26.1 Å². The molecule has 0 aliphatic rings. The minimum absolute atomic E-state index is 0.0751. The van der Waals surface area contributed by atoms with Crippen LogP contribution in [0.4, 0.5) is 0 Å². The molecule has 0 aromatic heterocycles. The molecule has 0 aliphatic heterocycles. The number of hydrogen-bond acceptors (Lipinski definition) is 2. The van der Waals surface area contributed by atoms with Gasteiger partial charge in [0, 0.05) is 13.0 Å². The fourth-order valence-electron chi connectivity index (χ4n) is 2.02. The SMILES string of the molecule is CCCCCCC(=O)NCC(O)C(CC)CC. The molecular weight excluding hydrogens is 214 g/mol. The molecule has 0 spiro atoms. The maximum Gasteiger partial charge on any atom is 0.220 e. The van der Waals surface area contributed by atoms with Gasteiger partial charge in [0.1, 0.15) is 0 Å². The van der Waals surface area contributed by atoms with Crippen LogP contribution < -0.4 is 5.32 Å². The Bertz CT molecular complexity index is 191. The van der Waals surface area contributed by atoms with E-state index in [1.165, 1.54) is 12.8 Å². The third-order valence-corrected chi connectivity index (χ3v) is 3.36. The van der Waals surface area contributed by atoms with Crippen molar-refractivity contribution in [3.8, 4) is 0 Å². The van der Waals surface area contributed by atoms with Gasteiger partial charge in [0.2, 0.25) is 5.91 Å². The van der Waals surface area contributed by atoms with Crippen molar-refractivity contribution < 1.29 is 9.90 Å². The van der Waals surface area contributed by atoms with Gasteiger partial charge in [-0.15, -0.1) is 0 Å². The van der Waals surface area contributed by atoms with Crippen LogP contribution in [0.2, 0.25) is 0 Å². The van der Waals surface area contributed by atoms with E-state index in [0.29, 0.717) is 18.9 Å². The number of unbranched alkanes of at least 4 members (excludes halogenated alkanes) is 3. The molecule has 0 aromatic carbocycles. The van der Waals surface area contributed by atoms with E-state index >= 15 is 0 Å². The predicted molar refractivity (Wildman–Crippen MR) is 71.8 cm³/mol. The van der Waals surface area contributed by atoms with E-state index in [1.807, 2.05) is 0 Å². The summed E-state index contributed by atoms with van der Waals surface area (Å²) in [6, 6.07) is 0. The fraction of sp³-hybridized carbons (Fsp3) is 0.929. The van der Waals surface area contributed by atoms with Gasteiger partial charge in [-0.3, -0.25) is 4.79 Å². The molecule has 3 nitrogen and oxygen atoms in total. The quantitative estimate of drug-likeness (QED) is 0.580. The lowest BCUT2D eigenvalue weighted by atomic mass is 9.96. The van der Waals surface area contributed by atoms with Crippen LogP contribution in [0, 0.1) is 5.92 Å². The minimum atomic E-state index is -0.399. The van der Waals surface area contributed by atoms with Gasteiger partial charge in [0.25, 0.3) is 0 Å². The Morgan fingerprint density at radius 3 is 2.29 bits per heavy atom. The Balaban J connectivity index is 3.61. The molecule has 0 saturated carbocycles. The van der Waals surface area contributed by atoms with Crippen LogP contribution >= 0.6 is 0 Å². The topological polar surface area (TPSA) is 49.3 Å². The molecule has 1 unspecified atom stereocenters. The summed E-state index contributed by atoms with van der Waals surface area (Å²) in [5, 5.41) is 12.7. The lowest BCUT2D eigenvalue weighted by Gasteiger charge is -2.20. The van der Waals surface area contributed by atoms with Crippen LogP contribution in [-0.2, 0) is 4.79 Å². The summed E-state index contributed by atoms with van der Waals surface area (Å²) in [4.78, 5) is 11.5. The summed E-state index contributed by atoms with van der Waals surface area (Å²) in [5.74, 6) is 0.376. The van der Waals surface area contributed by atoms with Crippen molar-refractivity contribution in [1.29, 1.82) is 0 Å². The van der Waals surface area contributed by atoms with Crippen molar-refractivity contribution in [2.45, 2.75) is 71.8 Å². The lowest BCUT2D eigenvalue weighted by molar-refractivity contribution is -0.121. The van der Waals surface area contributed by atoms with Gasteiger partial charge in [0.15, 0.2) is 0 Å². The van der Waals surface area contributed by atoms with Gasteiger partial charge in [-0.1, -0.05) is 52.9 Å². The number of aliphatic hydroxyl groups excluding tert-OH is 1. The maximum atomic E-state index is 11.5. The average molecular weight is 243 g/mol. The molecule has 0 fully saturated rings. The molecule has 1 amide bonds. The molecule has 2 N–H and O–H groups in total. The highest BCUT2D eigenvalue weighted by molar-refractivity contribution is 5.75. The zero-order valence-electron chi connectivity index (χ0n) is 11.7. The second-order valence-electron chi connectivity index (χ2n) is 4.76. The molecule has 1 atom stereocenters. The van der Waals surface area contributed by atoms with Gasteiger partial charge < -0.3 is 10.4 Å². The van der Waals surface area contributed by atoms with Gasteiger partial charge >= 0.3 is 0 Å². The Labute approximate surface area is 106 Å². The van der Waals surface area contributed by atoms with E-state index in [9.17, 15) is 9.90 Å². The van der Waals surface area contributed by atoms with Crippen LogP contribution in [0.3, 0.4) is 0 Å². The largest absolute Gasteiger partial charge is 0.391 e. The first kappa shape index (κ1) is 16.4. The Morgan fingerprint density at radius 1 is 1.12 bits per heavy atom. The first-order valence-corrected chi connectivity index (χ1v) is 7.10. The molecule has 0 aliphatic carbocycles. The fourth-order valence-corrected chi connectivity index (χ4v) is 2.02. The molecule has 3 heteroatoms. The van der Waals surface area contributed by atoms with Crippen molar-refractivity contribution in [2.24, 2.45) is 5.92 Å². The summed E-state index contributed by atoms with van der Waals surface area (Å²) in [5.41, 5.74) is 0. The summed E-state index contributed by atoms with van der Waals surface area (Å²) >= 11 is 0. The first-order valence-electron chi connectivity index (χ1n) is 7.10. The van der Waals surface area contributed by atoms with Gasteiger partial charge in [-0.05, 0) is 12.3 Å². The smallest absolute Gasteiger partial charge is 0.220 e. The molecule has 0 aromatic rings. The van der Waals surface area contributed by atoms with Crippen molar-refractivity contribution in [3.63, 3.8) is 0 Å². The molecule has 102 valence electrons. The molecule has 0 radical (unpaired) electrons. The molecule has 0 saturated heterocycles. The van der Waals surface area contributed by atoms with Crippen LogP contribution in [0.5, 0.6) is 0 Å². The highest BCUT2D eigenvalue weighted by Crippen LogP contribution is 2.12. The van der Waals surface area contributed by atoms with Crippen molar-refractivity contribution >= 4 is 5.91 Å². The molecule has 0 rings (SSSR count). The highest BCUT2D eigenvalue weighted by Gasteiger charge is 2.15. The normalized spacial score (nSPS) is 12.8. The van der Waals surface area contributed by atoms with Gasteiger partial charge in [-0.2, -0.15) is 0 Å². The Hall–Kier alpha value is -0.570. The van der Waals surface area contributed by atoms with Crippen molar-refractivity contribution in [2.75, 3.05) is 6.54 Å². The van der Waals surface area contributed by atoms with Crippen LogP contribution in [0.25, 0.3) is 0 Å². The number of aliphatic hydroxyl groups is 1. The average Bonchev–Trinajstić information content (AvgIpc) is 2.33. The lowest BCUT2D eigenvalue weighted by Crippen LogP contribution is -2.35. The van der Waals surface area contributed by atoms with Gasteiger partial charge in [-0.25, -0.2) is 0 Å². The molecule has 0 bridgehead atoms. The predicted octanol–water partition coefficient (Wildman–Crippen LogP) is 2.87. The highest BCUT2D eigenvalue weighted by atomic mass is 16.3. The monoisotopic (exact) mass is 243 g/mol. The number of rotatable bonds is 10. The molecular formula is C14H29NO2. The molecule has 17 heavy (non-hydrogen) atoms. The van der Waals surface area contributed by atoms with Crippen molar-refractivity contribution in [3.05, 3.63) is 0 Å². The van der Waals surface area contributed by atoms with E-state index < -0.39 is 6.10 Å². The Morgan fingerprint density at radius 2 is 1.76 bits per heavy atom. The second-order valence-corrected chi connectivity index (χ2v) is 4.76.